The van der Waals surface area contributed by atoms with Crippen LogP contribution < -0.4 is 5.01 Å². The summed E-state index contributed by atoms with van der Waals surface area (Å²) in [4.78, 5) is 40.0. The molecule has 0 saturated carbocycles. The Morgan fingerprint density at radius 1 is 1.09 bits per heavy atom. The molecule has 9 nitrogen and oxygen atoms in total. The van der Waals surface area contributed by atoms with Crippen LogP contribution >= 0.6 is 27.3 Å². The number of anilines is 1. The number of non-ortho nitro benzene ring substituents is 1. The third-order valence-corrected chi connectivity index (χ3v) is 6.18. The first-order valence-electron chi connectivity index (χ1n) is 9.73. The van der Waals surface area contributed by atoms with E-state index in [9.17, 15) is 19.7 Å². The topological polar surface area (TPSA) is 115 Å². The minimum Gasteiger partial charge on any atom is -0.465 e. The van der Waals surface area contributed by atoms with E-state index < -0.39 is 16.8 Å². The normalized spacial score (nSPS) is 11.0. The van der Waals surface area contributed by atoms with E-state index >= 15 is 0 Å². The average Bonchev–Trinajstić information content (AvgIpc) is 3.26. The van der Waals surface area contributed by atoms with Gasteiger partial charge >= 0.3 is 5.97 Å². The van der Waals surface area contributed by atoms with Gasteiger partial charge in [-0.15, -0.1) is 0 Å². The van der Waals surface area contributed by atoms with Crippen molar-refractivity contribution >= 4 is 66.4 Å². The van der Waals surface area contributed by atoms with Gasteiger partial charge in [0.1, 0.15) is 0 Å². The van der Waals surface area contributed by atoms with Gasteiger partial charge in [-0.2, -0.15) is 10.1 Å². The van der Waals surface area contributed by atoms with Crippen molar-refractivity contribution in [1.29, 1.82) is 0 Å². The second-order valence-electron chi connectivity index (χ2n) is 6.89. The highest BCUT2D eigenvalue weighted by molar-refractivity contribution is 9.10. The number of nitro benzene ring substituents is 1. The van der Waals surface area contributed by atoms with Crippen LogP contribution in [0.3, 0.4) is 0 Å². The number of thiazole rings is 1. The standard InChI is InChI=1S/C23H15BrN4O5S/c1-33-22(30)16-6-4-15(5-7-16)21(29)27(23-26-19-11-8-17(24)12-20(19)34-23)25-13-14-2-9-18(10-3-14)28(31)32/h2-13H,1H3/b25-13+. The van der Waals surface area contributed by atoms with E-state index in [0.717, 1.165) is 14.2 Å². The fourth-order valence-corrected chi connectivity index (χ4v) is 4.44. The summed E-state index contributed by atoms with van der Waals surface area (Å²) in [6.45, 7) is 0. The molecule has 0 N–H and O–H groups in total. The number of methoxy groups -OCH3 is 1. The third kappa shape index (κ3) is 5.00. The molecule has 0 saturated heterocycles. The van der Waals surface area contributed by atoms with Crippen molar-refractivity contribution in [1.82, 2.24) is 4.98 Å². The number of ether oxygens (including phenoxy) is 1. The van der Waals surface area contributed by atoms with E-state index in [-0.39, 0.29) is 11.3 Å². The molecule has 1 amide bonds. The number of benzene rings is 3. The smallest absolute Gasteiger partial charge is 0.337 e. The highest BCUT2D eigenvalue weighted by Crippen LogP contribution is 2.32. The largest absolute Gasteiger partial charge is 0.465 e. The quantitative estimate of drug-likeness (QED) is 0.140. The molecule has 4 aromatic rings. The summed E-state index contributed by atoms with van der Waals surface area (Å²) in [6.07, 6.45) is 1.42. The molecule has 170 valence electrons. The van der Waals surface area contributed by atoms with Gasteiger partial charge < -0.3 is 4.74 Å². The van der Waals surface area contributed by atoms with Crippen LogP contribution in [0.2, 0.25) is 0 Å². The Morgan fingerprint density at radius 2 is 1.76 bits per heavy atom. The van der Waals surface area contributed by atoms with E-state index in [1.807, 2.05) is 18.2 Å². The molecule has 0 fully saturated rings. The van der Waals surface area contributed by atoms with Crippen molar-refractivity contribution in [3.05, 3.63) is 98.0 Å². The number of fused-ring (bicyclic) bond motifs is 1. The first kappa shape index (κ1) is 23.2. The number of hydrazone groups is 1. The van der Waals surface area contributed by atoms with Crippen LogP contribution in [0.25, 0.3) is 10.2 Å². The van der Waals surface area contributed by atoms with E-state index in [0.29, 0.717) is 21.8 Å². The number of esters is 1. The number of hydrogen-bond acceptors (Lipinski definition) is 8. The number of rotatable bonds is 6. The number of amides is 1. The molecule has 0 bridgehead atoms. The predicted octanol–water partition coefficient (Wildman–Crippen LogP) is 5.43. The molecule has 0 aliphatic carbocycles. The number of carbonyl (C=O) groups excluding carboxylic acids is 2. The Labute approximate surface area is 205 Å². The lowest BCUT2D eigenvalue weighted by Gasteiger charge is -2.14. The fourth-order valence-electron chi connectivity index (χ4n) is 2.96. The summed E-state index contributed by atoms with van der Waals surface area (Å²) >= 11 is 4.71. The number of aromatic nitrogens is 1. The molecule has 0 radical (unpaired) electrons. The molecule has 11 heteroatoms. The van der Waals surface area contributed by atoms with Gasteiger partial charge in [-0.1, -0.05) is 27.3 Å². The molecular weight excluding hydrogens is 524 g/mol. The summed E-state index contributed by atoms with van der Waals surface area (Å²) < 4.78 is 6.43. The van der Waals surface area contributed by atoms with Crippen LogP contribution in [0.5, 0.6) is 0 Å². The van der Waals surface area contributed by atoms with E-state index in [2.05, 4.69) is 26.0 Å². The highest BCUT2D eigenvalue weighted by atomic mass is 79.9. The first-order chi connectivity index (χ1) is 16.4. The maximum Gasteiger partial charge on any atom is 0.337 e. The zero-order valence-corrected chi connectivity index (χ0v) is 19.9. The lowest BCUT2D eigenvalue weighted by atomic mass is 10.1. The molecule has 3 aromatic carbocycles. The fraction of sp³-hybridized carbons (Fsp3) is 0.0435. The molecule has 4 rings (SSSR count). The Bertz CT molecular complexity index is 1420. The third-order valence-electron chi connectivity index (χ3n) is 4.69. The van der Waals surface area contributed by atoms with Crippen molar-refractivity contribution in [2.75, 3.05) is 12.1 Å². The van der Waals surface area contributed by atoms with Crippen molar-refractivity contribution < 1.29 is 19.2 Å². The lowest BCUT2D eigenvalue weighted by Crippen LogP contribution is -2.25. The number of hydrogen-bond donors (Lipinski definition) is 0. The Hall–Kier alpha value is -3.96. The average molecular weight is 539 g/mol. The van der Waals surface area contributed by atoms with Crippen LogP contribution in [0.1, 0.15) is 26.3 Å². The molecule has 1 aromatic heterocycles. The monoisotopic (exact) mass is 538 g/mol. The van der Waals surface area contributed by atoms with Crippen LogP contribution in [0, 0.1) is 10.1 Å². The summed E-state index contributed by atoms with van der Waals surface area (Å²) in [5, 5.41) is 16.7. The SMILES string of the molecule is COC(=O)c1ccc(C(=O)N(/N=C/c2ccc([N+](=O)[O-])cc2)c2nc3ccc(Br)cc3s2)cc1. The van der Waals surface area contributed by atoms with Crippen molar-refractivity contribution in [2.45, 2.75) is 0 Å². The van der Waals surface area contributed by atoms with Crippen LogP contribution in [0.15, 0.2) is 76.3 Å². The summed E-state index contributed by atoms with van der Waals surface area (Å²) in [7, 11) is 1.28. The molecule has 0 aliphatic heterocycles. The van der Waals surface area contributed by atoms with E-state index in [1.54, 1.807) is 0 Å². The Kier molecular flexibility index (Phi) is 6.75. The molecule has 0 unspecified atom stereocenters. The number of nitro groups is 1. The van der Waals surface area contributed by atoms with Crippen molar-refractivity contribution in [3.8, 4) is 0 Å². The first-order valence-corrected chi connectivity index (χ1v) is 11.3. The number of halogens is 1. The van der Waals surface area contributed by atoms with Crippen molar-refractivity contribution in [3.63, 3.8) is 0 Å². The van der Waals surface area contributed by atoms with Gasteiger partial charge in [-0.05, 0) is 60.2 Å². The molecule has 34 heavy (non-hydrogen) atoms. The van der Waals surface area contributed by atoms with Gasteiger partial charge in [-0.3, -0.25) is 14.9 Å². The minimum atomic E-state index is -0.510. The maximum absolute atomic E-state index is 13.4. The molecule has 0 aliphatic rings. The van der Waals surface area contributed by atoms with Crippen LogP contribution in [0.4, 0.5) is 10.8 Å². The molecule has 1 heterocycles. The van der Waals surface area contributed by atoms with Gasteiger partial charge in [0.25, 0.3) is 11.6 Å². The molecule has 0 spiro atoms. The molecular formula is C23H15BrN4O5S. The second kappa shape index (κ2) is 9.89. The maximum atomic E-state index is 13.4. The van der Waals surface area contributed by atoms with Gasteiger partial charge in [0, 0.05) is 22.2 Å². The predicted molar refractivity (Wildman–Crippen MR) is 133 cm³/mol. The Balaban J connectivity index is 1.71. The Morgan fingerprint density at radius 3 is 2.41 bits per heavy atom. The van der Waals surface area contributed by atoms with Crippen molar-refractivity contribution in [2.24, 2.45) is 5.10 Å². The van der Waals surface area contributed by atoms with Gasteiger partial charge in [0.2, 0.25) is 5.13 Å². The summed E-state index contributed by atoms with van der Waals surface area (Å²) in [5.41, 5.74) is 1.81. The minimum absolute atomic E-state index is 0.0486. The van der Waals surface area contributed by atoms with E-state index in [4.69, 9.17) is 4.74 Å². The van der Waals surface area contributed by atoms with Crippen LogP contribution in [-0.2, 0) is 4.74 Å². The van der Waals surface area contributed by atoms with Gasteiger partial charge in [0.15, 0.2) is 0 Å². The zero-order valence-electron chi connectivity index (χ0n) is 17.5. The van der Waals surface area contributed by atoms with Gasteiger partial charge in [-0.25, -0.2) is 9.78 Å². The number of carbonyl (C=O) groups is 2. The summed E-state index contributed by atoms with van der Waals surface area (Å²) in [6, 6.07) is 17.3. The second-order valence-corrected chi connectivity index (χ2v) is 8.81. The van der Waals surface area contributed by atoms with Gasteiger partial charge in [0.05, 0.1) is 34.0 Å². The highest BCUT2D eigenvalue weighted by Gasteiger charge is 2.21. The lowest BCUT2D eigenvalue weighted by molar-refractivity contribution is -0.384. The van der Waals surface area contributed by atoms with Crippen LogP contribution in [-0.4, -0.2) is 35.1 Å². The van der Waals surface area contributed by atoms with E-state index in [1.165, 1.54) is 73.2 Å². The molecule has 0 atom stereocenters. The zero-order chi connectivity index (χ0) is 24.2. The summed E-state index contributed by atoms with van der Waals surface area (Å²) in [5.74, 6) is -0.975. The number of nitrogens with zero attached hydrogens (tertiary/aromatic N) is 4.